The maximum atomic E-state index is 12.8. The van der Waals surface area contributed by atoms with Gasteiger partial charge in [-0.2, -0.15) is 0 Å². The van der Waals surface area contributed by atoms with Crippen molar-refractivity contribution in [2.45, 2.75) is 26.2 Å². The van der Waals surface area contributed by atoms with E-state index in [2.05, 4.69) is 5.32 Å². The number of nitrogens with one attached hydrogen (secondary N) is 1. The largest absolute Gasteiger partial charge is 0.462 e. The van der Waals surface area contributed by atoms with Crippen molar-refractivity contribution in [1.29, 1.82) is 0 Å². The fourth-order valence-electron chi connectivity index (χ4n) is 3.89. The number of carbonyl (C=O) groups excluding carboxylic acids is 3. The maximum Gasteiger partial charge on any atom is 0.338 e. The molecule has 0 aliphatic carbocycles. The van der Waals surface area contributed by atoms with Crippen molar-refractivity contribution < 1.29 is 19.1 Å². The highest BCUT2D eigenvalue weighted by Gasteiger charge is 2.35. The van der Waals surface area contributed by atoms with Gasteiger partial charge in [0.1, 0.15) is 0 Å². The lowest BCUT2D eigenvalue weighted by atomic mass is 10.1. The molecule has 1 fully saturated rings. The number of anilines is 2. The van der Waals surface area contributed by atoms with Crippen LogP contribution in [0.4, 0.5) is 11.4 Å². The highest BCUT2D eigenvalue weighted by atomic mass is 16.5. The Bertz CT molecular complexity index is 1130. The second kappa shape index (κ2) is 9.64. The van der Waals surface area contributed by atoms with Gasteiger partial charge >= 0.3 is 5.97 Å². The van der Waals surface area contributed by atoms with E-state index in [1.54, 1.807) is 29.2 Å². The molecule has 0 aromatic heterocycles. The quantitative estimate of drug-likeness (QED) is 0.432. The molecule has 32 heavy (non-hydrogen) atoms. The number of hydrogen-bond donors (Lipinski definition) is 1. The molecule has 3 aromatic rings. The molecule has 4 rings (SSSR count). The number of esters is 1. The average molecular weight is 431 g/mol. The zero-order valence-electron chi connectivity index (χ0n) is 18.0. The molecule has 3 aromatic carbocycles. The third kappa shape index (κ3) is 4.64. The second-order valence-electron chi connectivity index (χ2n) is 7.96. The van der Waals surface area contributed by atoms with Gasteiger partial charge in [0, 0.05) is 24.0 Å². The van der Waals surface area contributed by atoms with E-state index in [4.69, 9.17) is 4.74 Å². The summed E-state index contributed by atoms with van der Waals surface area (Å²) in [6, 6.07) is 20.4. The van der Waals surface area contributed by atoms with E-state index < -0.39 is 5.92 Å². The van der Waals surface area contributed by atoms with E-state index in [-0.39, 0.29) is 24.2 Å². The van der Waals surface area contributed by atoms with Crippen LogP contribution in [0.1, 0.15) is 36.5 Å². The Morgan fingerprint density at radius 1 is 1.03 bits per heavy atom. The molecular weight excluding hydrogens is 404 g/mol. The Hall–Kier alpha value is -3.67. The summed E-state index contributed by atoms with van der Waals surface area (Å²) < 4.78 is 5.20. The van der Waals surface area contributed by atoms with E-state index in [1.165, 1.54) is 0 Å². The van der Waals surface area contributed by atoms with Crippen LogP contribution in [0.25, 0.3) is 10.8 Å². The van der Waals surface area contributed by atoms with Crippen molar-refractivity contribution in [3.8, 4) is 0 Å². The number of amides is 2. The lowest BCUT2D eigenvalue weighted by Gasteiger charge is -2.19. The van der Waals surface area contributed by atoms with Crippen LogP contribution in [0.2, 0.25) is 0 Å². The molecule has 1 heterocycles. The molecule has 164 valence electrons. The summed E-state index contributed by atoms with van der Waals surface area (Å²) in [5, 5.41) is 4.91. The zero-order chi connectivity index (χ0) is 22.5. The first kappa shape index (κ1) is 21.6. The monoisotopic (exact) mass is 430 g/mol. The lowest BCUT2D eigenvalue weighted by Crippen LogP contribution is -2.28. The third-order valence-corrected chi connectivity index (χ3v) is 5.67. The van der Waals surface area contributed by atoms with Crippen LogP contribution in [-0.2, 0) is 14.3 Å². The van der Waals surface area contributed by atoms with Crippen LogP contribution in [0.15, 0.2) is 66.7 Å². The summed E-state index contributed by atoms with van der Waals surface area (Å²) in [7, 11) is 0. The molecular formula is C26H26N2O4. The van der Waals surface area contributed by atoms with Gasteiger partial charge in [0.15, 0.2) is 0 Å². The summed E-state index contributed by atoms with van der Waals surface area (Å²) in [4.78, 5) is 39.2. The first-order valence-corrected chi connectivity index (χ1v) is 10.9. The molecule has 0 bridgehead atoms. The first-order valence-electron chi connectivity index (χ1n) is 10.9. The van der Waals surface area contributed by atoms with Crippen LogP contribution in [0.3, 0.4) is 0 Å². The maximum absolute atomic E-state index is 12.8. The molecule has 1 atom stereocenters. The van der Waals surface area contributed by atoms with Gasteiger partial charge in [-0.1, -0.05) is 49.7 Å². The lowest BCUT2D eigenvalue weighted by molar-refractivity contribution is -0.122. The number of ether oxygens (including phenoxy) is 1. The Morgan fingerprint density at radius 2 is 1.78 bits per heavy atom. The van der Waals surface area contributed by atoms with Gasteiger partial charge in [0.2, 0.25) is 11.8 Å². The molecule has 1 aliphatic heterocycles. The molecule has 1 N–H and O–H groups in total. The van der Waals surface area contributed by atoms with Crippen molar-refractivity contribution in [2.75, 3.05) is 23.4 Å². The number of unbranched alkanes of at least 4 members (excludes halogenated alkanes) is 1. The Kier molecular flexibility index (Phi) is 6.50. The summed E-state index contributed by atoms with van der Waals surface area (Å²) >= 11 is 0. The standard InChI is InChI=1S/C26H26N2O4/c1-2-3-15-32-26(31)19-11-13-21(14-12-19)27-25(30)20-16-24(29)28(17-20)23-10-6-8-18-7-4-5-9-22(18)23/h4-14,20H,2-3,15-17H2,1H3,(H,27,30)/t20-/m1/s1. The van der Waals surface area contributed by atoms with Gasteiger partial charge in [-0.3, -0.25) is 9.59 Å². The van der Waals surface area contributed by atoms with E-state index >= 15 is 0 Å². The summed E-state index contributed by atoms with van der Waals surface area (Å²) in [5.41, 5.74) is 1.85. The predicted octanol–water partition coefficient (Wildman–Crippen LogP) is 4.79. The highest BCUT2D eigenvalue weighted by Crippen LogP contribution is 2.32. The zero-order valence-corrected chi connectivity index (χ0v) is 18.0. The minimum atomic E-state index is -0.444. The number of rotatable bonds is 7. The molecule has 0 unspecified atom stereocenters. The van der Waals surface area contributed by atoms with Gasteiger partial charge in [0.05, 0.1) is 23.8 Å². The molecule has 0 saturated carbocycles. The molecule has 2 amide bonds. The van der Waals surface area contributed by atoms with Crippen molar-refractivity contribution >= 4 is 39.9 Å². The predicted molar refractivity (Wildman–Crippen MR) is 125 cm³/mol. The Labute approximate surface area is 187 Å². The number of nitrogens with zero attached hydrogens (tertiary/aromatic N) is 1. The Balaban J connectivity index is 1.40. The van der Waals surface area contributed by atoms with E-state index in [0.29, 0.717) is 24.4 Å². The Morgan fingerprint density at radius 3 is 2.56 bits per heavy atom. The molecule has 1 aliphatic rings. The molecule has 6 nitrogen and oxygen atoms in total. The van der Waals surface area contributed by atoms with E-state index in [9.17, 15) is 14.4 Å². The van der Waals surface area contributed by atoms with Crippen molar-refractivity contribution in [1.82, 2.24) is 0 Å². The number of carbonyl (C=O) groups is 3. The van der Waals surface area contributed by atoms with Crippen LogP contribution in [-0.4, -0.2) is 30.9 Å². The van der Waals surface area contributed by atoms with Crippen molar-refractivity contribution in [3.05, 3.63) is 72.3 Å². The molecule has 0 spiro atoms. The molecule has 0 radical (unpaired) electrons. The minimum Gasteiger partial charge on any atom is -0.462 e. The van der Waals surface area contributed by atoms with Gasteiger partial charge in [-0.15, -0.1) is 0 Å². The fourth-order valence-corrected chi connectivity index (χ4v) is 3.89. The number of hydrogen-bond acceptors (Lipinski definition) is 4. The molecule has 1 saturated heterocycles. The minimum absolute atomic E-state index is 0.0633. The number of fused-ring (bicyclic) bond motifs is 1. The van der Waals surface area contributed by atoms with E-state index in [0.717, 1.165) is 29.3 Å². The molecule has 6 heteroatoms. The van der Waals surface area contributed by atoms with Crippen LogP contribution in [0, 0.1) is 5.92 Å². The van der Waals surface area contributed by atoms with Crippen LogP contribution in [0.5, 0.6) is 0 Å². The second-order valence-corrected chi connectivity index (χ2v) is 7.96. The highest BCUT2D eigenvalue weighted by molar-refractivity contribution is 6.08. The average Bonchev–Trinajstić information content (AvgIpc) is 3.21. The smallest absolute Gasteiger partial charge is 0.338 e. The van der Waals surface area contributed by atoms with Gasteiger partial charge < -0.3 is 15.0 Å². The summed E-state index contributed by atoms with van der Waals surface area (Å²) in [6.45, 7) is 2.77. The van der Waals surface area contributed by atoms with Gasteiger partial charge in [0.25, 0.3) is 0 Å². The SMILES string of the molecule is CCCCOC(=O)c1ccc(NC(=O)[C@@H]2CC(=O)N(c3cccc4ccccc34)C2)cc1. The first-order chi connectivity index (χ1) is 15.6. The summed E-state index contributed by atoms with van der Waals surface area (Å²) in [6.07, 6.45) is 1.95. The van der Waals surface area contributed by atoms with E-state index in [1.807, 2.05) is 49.4 Å². The summed E-state index contributed by atoms with van der Waals surface area (Å²) in [5.74, 6) is -1.09. The van der Waals surface area contributed by atoms with Gasteiger partial charge in [-0.05, 0) is 42.1 Å². The van der Waals surface area contributed by atoms with Crippen molar-refractivity contribution in [2.24, 2.45) is 5.92 Å². The topological polar surface area (TPSA) is 75.7 Å². The van der Waals surface area contributed by atoms with Crippen LogP contribution >= 0.6 is 0 Å². The van der Waals surface area contributed by atoms with Crippen LogP contribution < -0.4 is 10.2 Å². The fraction of sp³-hybridized carbons (Fsp3) is 0.269. The normalized spacial score (nSPS) is 15.7. The van der Waals surface area contributed by atoms with Gasteiger partial charge in [-0.25, -0.2) is 4.79 Å². The third-order valence-electron chi connectivity index (χ3n) is 5.67. The number of benzene rings is 3. The van der Waals surface area contributed by atoms with Crippen molar-refractivity contribution in [3.63, 3.8) is 0 Å².